The molecule has 0 aliphatic heterocycles. The first-order valence-electron chi connectivity index (χ1n) is 5.99. The Balaban J connectivity index is 2.43. The number of nitrogens with zero attached hydrogens (tertiary/aromatic N) is 3. The molecule has 1 rings (SSSR count). The molecular formula is C12H22N4S. The van der Waals surface area contributed by atoms with Crippen LogP contribution >= 0.6 is 11.8 Å². The summed E-state index contributed by atoms with van der Waals surface area (Å²) >= 11 is 1.87. The van der Waals surface area contributed by atoms with Gasteiger partial charge >= 0.3 is 0 Å². The van der Waals surface area contributed by atoms with Crippen molar-refractivity contribution in [2.24, 2.45) is 0 Å². The van der Waals surface area contributed by atoms with Crippen LogP contribution in [0, 0.1) is 0 Å². The maximum atomic E-state index is 4.38. The monoisotopic (exact) mass is 254 g/mol. The highest BCUT2D eigenvalue weighted by Crippen LogP contribution is 2.06. The molecule has 5 heteroatoms. The molecule has 17 heavy (non-hydrogen) atoms. The summed E-state index contributed by atoms with van der Waals surface area (Å²) in [6.45, 7) is 4.91. The lowest BCUT2D eigenvalue weighted by atomic mass is 10.3. The van der Waals surface area contributed by atoms with Gasteiger partial charge in [-0.15, -0.1) is 0 Å². The second-order valence-electron chi connectivity index (χ2n) is 3.94. The van der Waals surface area contributed by atoms with E-state index in [2.05, 4.69) is 33.4 Å². The van der Waals surface area contributed by atoms with Gasteiger partial charge in [0.2, 0.25) is 5.95 Å². The number of anilines is 1. The number of hydrogen-bond acceptors (Lipinski definition) is 5. The van der Waals surface area contributed by atoms with E-state index in [1.54, 1.807) is 0 Å². The zero-order chi connectivity index (χ0) is 12.5. The third-order valence-corrected chi connectivity index (χ3v) is 3.15. The maximum absolute atomic E-state index is 4.38. The smallest absolute Gasteiger partial charge is 0.224 e. The average molecular weight is 254 g/mol. The Labute approximate surface area is 108 Å². The third kappa shape index (κ3) is 5.37. The highest BCUT2D eigenvalue weighted by Gasteiger charge is 2.03. The first kappa shape index (κ1) is 14.3. The van der Waals surface area contributed by atoms with Crippen LogP contribution < -0.4 is 10.2 Å². The Morgan fingerprint density at radius 2 is 2.06 bits per heavy atom. The standard InChI is InChI=1S/C12H22N4S/c1-4-13-8-11-9-14-12(15-10-11)16(2)6-5-7-17-3/h9-10,13H,4-8H2,1-3H3. The summed E-state index contributed by atoms with van der Waals surface area (Å²) in [5, 5.41) is 3.26. The number of nitrogens with one attached hydrogen (secondary N) is 1. The molecule has 0 amide bonds. The fourth-order valence-electron chi connectivity index (χ4n) is 1.45. The fraction of sp³-hybridized carbons (Fsp3) is 0.667. The van der Waals surface area contributed by atoms with Crippen LogP contribution in [0.3, 0.4) is 0 Å². The molecule has 0 aliphatic carbocycles. The van der Waals surface area contributed by atoms with Crippen LogP contribution in [-0.4, -0.2) is 42.1 Å². The molecule has 0 radical (unpaired) electrons. The van der Waals surface area contributed by atoms with Gasteiger partial charge in [0.05, 0.1) is 0 Å². The van der Waals surface area contributed by atoms with Crippen molar-refractivity contribution >= 4 is 17.7 Å². The highest BCUT2D eigenvalue weighted by molar-refractivity contribution is 7.98. The van der Waals surface area contributed by atoms with E-state index >= 15 is 0 Å². The van der Waals surface area contributed by atoms with Gasteiger partial charge in [-0.1, -0.05) is 6.92 Å². The van der Waals surface area contributed by atoms with Crippen LogP contribution in [-0.2, 0) is 6.54 Å². The van der Waals surface area contributed by atoms with Crippen molar-refractivity contribution in [3.8, 4) is 0 Å². The highest BCUT2D eigenvalue weighted by atomic mass is 32.2. The Kier molecular flexibility index (Phi) is 6.96. The molecular weight excluding hydrogens is 232 g/mol. The predicted molar refractivity (Wildman–Crippen MR) is 75.7 cm³/mol. The minimum Gasteiger partial charge on any atom is -0.344 e. The van der Waals surface area contributed by atoms with E-state index in [0.717, 1.165) is 31.1 Å². The van der Waals surface area contributed by atoms with Crippen molar-refractivity contribution in [2.45, 2.75) is 19.9 Å². The van der Waals surface area contributed by atoms with Crippen LogP contribution in [0.1, 0.15) is 18.9 Å². The lowest BCUT2D eigenvalue weighted by Crippen LogP contribution is -2.21. The molecule has 0 saturated carbocycles. The first-order valence-corrected chi connectivity index (χ1v) is 7.39. The lowest BCUT2D eigenvalue weighted by molar-refractivity contribution is 0.719. The maximum Gasteiger partial charge on any atom is 0.224 e. The summed E-state index contributed by atoms with van der Waals surface area (Å²) in [7, 11) is 2.04. The Morgan fingerprint density at radius 3 is 2.65 bits per heavy atom. The van der Waals surface area contributed by atoms with Crippen molar-refractivity contribution in [2.75, 3.05) is 37.0 Å². The van der Waals surface area contributed by atoms with Gasteiger partial charge < -0.3 is 10.2 Å². The third-order valence-electron chi connectivity index (χ3n) is 2.45. The summed E-state index contributed by atoms with van der Waals surface area (Å²) in [5.74, 6) is 1.99. The summed E-state index contributed by atoms with van der Waals surface area (Å²) in [5.41, 5.74) is 1.13. The van der Waals surface area contributed by atoms with E-state index < -0.39 is 0 Å². The van der Waals surface area contributed by atoms with Gasteiger partial charge in [-0.2, -0.15) is 11.8 Å². The van der Waals surface area contributed by atoms with Crippen LogP contribution in [0.2, 0.25) is 0 Å². The normalized spacial score (nSPS) is 10.5. The van der Waals surface area contributed by atoms with Gasteiger partial charge in [-0.05, 0) is 25.0 Å². The molecule has 1 heterocycles. The summed E-state index contributed by atoms with van der Waals surface area (Å²) < 4.78 is 0. The molecule has 0 spiro atoms. The van der Waals surface area contributed by atoms with E-state index in [0.29, 0.717) is 0 Å². The number of hydrogen-bond donors (Lipinski definition) is 1. The molecule has 1 N–H and O–H groups in total. The van der Waals surface area contributed by atoms with Crippen molar-refractivity contribution < 1.29 is 0 Å². The fourth-order valence-corrected chi connectivity index (χ4v) is 1.87. The largest absolute Gasteiger partial charge is 0.344 e. The van der Waals surface area contributed by atoms with Crippen molar-refractivity contribution in [3.63, 3.8) is 0 Å². The molecule has 4 nitrogen and oxygen atoms in total. The van der Waals surface area contributed by atoms with Crippen molar-refractivity contribution in [3.05, 3.63) is 18.0 Å². The average Bonchev–Trinajstić information content (AvgIpc) is 2.37. The molecule has 0 bridgehead atoms. The molecule has 96 valence electrons. The quantitative estimate of drug-likeness (QED) is 0.716. The van der Waals surface area contributed by atoms with Crippen molar-refractivity contribution in [1.82, 2.24) is 15.3 Å². The first-order chi connectivity index (χ1) is 8.27. The molecule has 0 atom stereocenters. The van der Waals surface area contributed by atoms with E-state index in [1.807, 2.05) is 31.2 Å². The Hall–Kier alpha value is -0.810. The molecule has 0 aliphatic rings. The molecule has 1 aromatic heterocycles. The second-order valence-corrected chi connectivity index (χ2v) is 4.93. The minimum absolute atomic E-state index is 0.811. The van der Waals surface area contributed by atoms with Crippen LogP contribution in [0.25, 0.3) is 0 Å². The second kappa shape index (κ2) is 8.31. The van der Waals surface area contributed by atoms with Gasteiger partial charge in [0.15, 0.2) is 0 Å². The summed E-state index contributed by atoms with van der Waals surface area (Å²) in [4.78, 5) is 10.9. The summed E-state index contributed by atoms with van der Waals surface area (Å²) in [6.07, 6.45) is 7.10. The number of rotatable bonds is 8. The zero-order valence-electron chi connectivity index (χ0n) is 10.9. The van der Waals surface area contributed by atoms with E-state index in [1.165, 1.54) is 12.2 Å². The Bertz CT molecular complexity index is 302. The number of thioether (sulfide) groups is 1. The van der Waals surface area contributed by atoms with Gasteiger partial charge in [0.1, 0.15) is 0 Å². The molecule has 0 saturated heterocycles. The van der Waals surface area contributed by atoms with E-state index in [-0.39, 0.29) is 0 Å². The Morgan fingerprint density at radius 1 is 1.35 bits per heavy atom. The molecule has 1 aromatic rings. The lowest BCUT2D eigenvalue weighted by Gasteiger charge is -2.16. The number of aromatic nitrogens is 2. The topological polar surface area (TPSA) is 41.1 Å². The van der Waals surface area contributed by atoms with Gasteiger partial charge in [-0.3, -0.25) is 0 Å². The van der Waals surface area contributed by atoms with Crippen molar-refractivity contribution in [1.29, 1.82) is 0 Å². The predicted octanol–water partition coefficient (Wildman–Crippen LogP) is 1.78. The summed E-state index contributed by atoms with van der Waals surface area (Å²) in [6, 6.07) is 0. The van der Waals surface area contributed by atoms with E-state index in [4.69, 9.17) is 0 Å². The molecule has 0 fully saturated rings. The van der Waals surface area contributed by atoms with E-state index in [9.17, 15) is 0 Å². The molecule has 0 unspecified atom stereocenters. The van der Waals surface area contributed by atoms with Crippen LogP contribution in [0.5, 0.6) is 0 Å². The van der Waals surface area contributed by atoms with Gasteiger partial charge in [0.25, 0.3) is 0 Å². The molecule has 0 aromatic carbocycles. The van der Waals surface area contributed by atoms with Crippen LogP contribution in [0.4, 0.5) is 5.95 Å². The van der Waals surface area contributed by atoms with Gasteiger partial charge in [0, 0.05) is 38.1 Å². The zero-order valence-corrected chi connectivity index (χ0v) is 11.8. The van der Waals surface area contributed by atoms with Gasteiger partial charge in [-0.25, -0.2) is 9.97 Å². The minimum atomic E-state index is 0.811. The van der Waals surface area contributed by atoms with Crippen LogP contribution in [0.15, 0.2) is 12.4 Å². The SMILES string of the molecule is CCNCc1cnc(N(C)CCCSC)nc1.